The van der Waals surface area contributed by atoms with E-state index in [1.807, 2.05) is 0 Å². The van der Waals surface area contributed by atoms with Crippen LogP contribution < -0.4 is 6.15 Å². The molecule has 4 N–H and O–H groups in total. The molecule has 0 heterocycles. The standard InChI is InChI=1S/Fe.NO3.H3N/c;2-1(3)4;/h;;1H3/q;-1;/p+1. The fourth-order valence-corrected chi connectivity index (χ4v) is 0. The van der Waals surface area contributed by atoms with Crippen molar-refractivity contribution in [3.05, 3.63) is 15.3 Å². The van der Waals surface area contributed by atoms with Crippen molar-refractivity contribution in [2.45, 2.75) is 0 Å². The monoisotopic (exact) mass is 136 g/mol. The zero-order valence-corrected chi connectivity index (χ0v) is 4.13. The van der Waals surface area contributed by atoms with Gasteiger partial charge < -0.3 is 21.5 Å². The summed E-state index contributed by atoms with van der Waals surface area (Å²) >= 11 is 0. The zero-order chi connectivity index (χ0) is 3.58. The Kier molecular flexibility index (Phi) is 25.5. The number of nitrogens with zero attached hydrogens (tertiary/aromatic N) is 1. The Morgan fingerprint density at radius 1 is 1.33 bits per heavy atom. The fourth-order valence-electron chi connectivity index (χ4n) is 0. The van der Waals surface area contributed by atoms with E-state index in [1.165, 1.54) is 0 Å². The predicted octanol–water partition coefficient (Wildman–Crippen LogP) is 0.135. The summed E-state index contributed by atoms with van der Waals surface area (Å²) in [6.07, 6.45) is 0. The van der Waals surface area contributed by atoms with Crippen LogP contribution in [0.4, 0.5) is 0 Å². The summed E-state index contributed by atoms with van der Waals surface area (Å²) in [7, 11) is 0. The van der Waals surface area contributed by atoms with E-state index in [9.17, 15) is 0 Å². The largest absolute Gasteiger partial charge is 0.369 e. The predicted molar refractivity (Wildman–Crippen MR) is 16.3 cm³/mol. The second-order valence-corrected chi connectivity index (χ2v) is 0.224. The first-order valence-electron chi connectivity index (χ1n) is 0.548. The molecule has 0 fully saturated rings. The average molecular weight is 136 g/mol. The summed E-state index contributed by atoms with van der Waals surface area (Å²) in [5.41, 5.74) is 0. The van der Waals surface area contributed by atoms with Crippen molar-refractivity contribution in [3.8, 4) is 0 Å². The Labute approximate surface area is 44.5 Å². The van der Waals surface area contributed by atoms with Crippen molar-refractivity contribution in [2.75, 3.05) is 0 Å². The van der Waals surface area contributed by atoms with E-state index in [0.29, 0.717) is 0 Å². The maximum atomic E-state index is 8.25. The van der Waals surface area contributed by atoms with Crippen molar-refractivity contribution < 1.29 is 22.2 Å². The summed E-state index contributed by atoms with van der Waals surface area (Å²) in [5.74, 6) is 0. The Morgan fingerprint density at radius 2 is 1.33 bits per heavy atom. The van der Waals surface area contributed by atoms with Crippen molar-refractivity contribution in [2.24, 2.45) is 0 Å². The van der Waals surface area contributed by atoms with Gasteiger partial charge in [-0.15, -0.1) is 0 Å². The van der Waals surface area contributed by atoms with Gasteiger partial charge in [0.2, 0.25) is 0 Å². The minimum Gasteiger partial charge on any atom is -0.369 e. The molecule has 0 aromatic heterocycles. The SMILES string of the molecule is O=[N+]([O-])[O-].[Fe].[NH4+]. The van der Waals surface area contributed by atoms with Crippen LogP contribution >= 0.6 is 0 Å². The van der Waals surface area contributed by atoms with Gasteiger partial charge in [-0.3, -0.25) is 0 Å². The molecule has 0 radical (unpaired) electrons. The van der Waals surface area contributed by atoms with Crippen molar-refractivity contribution in [1.82, 2.24) is 6.15 Å². The quantitative estimate of drug-likeness (QED) is 0.290. The van der Waals surface area contributed by atoms with Crippen LogP contribution in [0, 0.1) is 15.3 Å². The molecule has 0 saturated heterocycles. The average Bonchev–Trinajstić information content (AvgIpc) is 0.811. The Hall–Kier alpha value is -0.321. The maximum Gasteiger partial charge on any atom is 0.0689 e. The molecule has 0 aliphatic heterocycles. The molecule has 5 nitrogen and oxygen atoms in total. The van der Waals surface area contributed by atoms with Crippen LogP contribution in [-0.4, -0.2) is 5.09 Å². The molecule has 6 heavy (non-hydrogen) atoms. The molecule has 0 saturated carbocycles. The molecule has 0 aromatic carbocycles. The first-order valence-corrected chi connectivity index (χ1v) is 0.548. The number of rotatable bonds is 0. The van der Waals surface area contributed by atoms with E-state index in [4.69, 9.17) is 15.3 Å². The normalized spacial score (nSPS) is 4.00. The zero-order valence-electron chi connectivity index (χ0n) is 3.03. The first kappa shape index (κ1) is 17.3. The second kappa shape index (κ2) is 8.82. The molecule has 6 heteroatoms. The second-order valence-electron chi connectivity index (χ2n) is 0.224. The van der Waals surface area contributed by atoms with Gasteiger partial charge in [-0.1, -0.05) is 0 Å². The van der Waals surface area contributed by atoms with Crippen LogP contribution in [0.5, 0.6) is 0 Å². The number of quaternary nitrogens is 1. The van der Waals surface area contributed by atoms with Gasteiger partial charge in [-0.05, 0) is 0 Å². The van der Waals surface area contributed by atoms with Crippen LogP contribution in [-0.2, 0) is 17.1 Å². The molecule has 0 atom stereocenters. The summed E-state index contributed by atoms with van der Waals surface area (Å²) in [5, 5.41) is 14.8. The van der Waals surface area contributed by atoms with Gasteiger partial charge in [-0.2, -0.15) is 0 Å². The molecular weight excluding hydrogens is 132 g/mol. The Balaban J connectivity index is -0.0000000450. The van der Waals surface area contributed by atoms with Crippen molar-refractivity contribution >= 4 is 0 Å². The van der Waals surface area contributed by atoms with Gasteiger partial charge in [0, 0.05) is 17.1 Å². The molecule has 0 amide bonds. The molecule has 40 valence electrons. The van der Waals surface area contributed by atoms with Crippen LogP contribution in [0.1, 0.15) is 0 Å². The summed E-state index contributed by atoms with van der Waals surface area (Å²) in [4.78, 5) is 8.25. The van der Waals surface area contributed by atoms with Crippen LogP contribution in [0.2, 0.25) is 0 Å². The Morgan fingerprint density at radius 3 is 1.33 bits per heavy atom. The third kappa shape index (κ3) is 257. The van der Waals surface area contributed by atoms with E-state index in [0.717, 1.165) is 0 Å². The summed E-state index contributed by atoms with van der Waals surface area (Å²) < 4.78 is 0. The molecule has 0 spiro atoms. The third-order valence-electron chi connectivity index (χ3n) is 0. The van der Waals surface area contributed by atoms with E-state index in [2.05, 4.69) is 0 Å². The molecule has 0 aromatic rings. The third-order valence-corrected chi connectivity index (χ3v) is 0. The van der Waals surface area contributed by atoms with Crippen LogP contribution in [0.25, 0.3) is 0 Å². The molecule has 0 aliphatic rings. The van der Waals surface area contributed by atoms with Crippen LogP contribution in [0.3, 0.4) is 0 Å². The molecule has 0 bridgehead atoms. The molecule has 0 rings (SSSR count). The van der Waals surface area contributed by atoms with Gasteiger partial charge in [-0.25, -0.2) is 0 Å². The summed E-state index contributed by atoms with van der Waals surface area (Å²) in [6, 6.07) is 0. The minimum absolute atomic E-state index is 0. The molecule has 0 unspecified atom stereocenters. The van der Waals surface area contributed by atoms with E-state index in [-0.39, 0.29) is 23.2 Å². The van der Waals surface area contributed by atoms with Crippen molar-refractivity contribution in [3.63, 3.8) is 0 Å². The topological polar surface area (TPSA) is 103 Å². The summed E-state index contributed by atoms with van der Waals surface area (Å²) in [6.45, 7) is 0. The maximum absolute atomic E-state index is 8.25. The van der Waals surface area contributed by atoms with E-state index >= 15 is 0 Å². The van der Waals surface area contributed by atoms with Crippen molar-refractivity contribution in [1.29, 1.82) is 0 Å². The Bertz CT molecular complexity index is 31.8. The van der Waals surface area contributed by atoms with Gasteiger partial charge in [0.25, 0.3) is 0 Å². The van der Waals surface area contributed by atoms with Gasteiger partial charge in [0.1, 0.15) is 0 Å². The fraction of sp³-hybridized carbons (Fsp3) is 0. The van der Waals surface area contributed by atoms with Gasteiger partial charge >= 0.3 is 0 Å². The molecule has 0 aliphatic carbocycles. The number of hydrogen-bond acceptors (Lipinski definition) is 3. The minimum atomic E-state index is -1.75. The first-order chi connectivity index (χ1) is 1.73. The smallest absolute Gasteiger partial charge is 0.0689 e. The van der Waals surface area contributed by atoms with Crippen LogP contribution in [0.15, 0.2) is 0 Å². The van der Waals surface area contributed by atoms with Gasteiger partial charge in [0.05, 0.1) is 5.09 Å². The van der Waals surface area contributed by atoms with E-state index in [1.54, 1.807) is 0 Å². The molecular formula is H4FeN2O3. The van der Waals surface area contributed by atoms with Gasteiger partial charge in [0.15, 0.2) is 0 Å². The number of hydrogen-bond donors (Lipinski definition) is 1. The van der Waals surface area contributed by atoms with E-state index < -0.39 is 5.09 Å².